The summed E-state index contributed by atoms with van der Waals surface area (Å²) in [6.07, 6.45) is 2.79. The number of nitrogens with one attached hydrogen (secondary N) is 1. The van der Waals surface area contributed by atoms with Crippen LogP contribution in [0.5, 0.6) is 0 Å². The number of esters is 1. The van der Waals surface area contributed by atoms with E-state index in [9.17, 15) is 9.59 Å². The minimum Gasteiger partial charge on any atom is -0.452 e. The molecule has 4 aromatic rings. The smallest absolute Gasteiger partial charge is 0.331 e. The molecule has 0 fully saturated rings. The fourth-order valence-corrected chi connectivity index (χ4v) is 4.22. The molecule has 4 rings (SSSR count). The molecule has 1 amide bonds. The zero-order chi connectivity index (χ0) is 24.1. The van der Waals surface area contributed by atoms with E-state index in [0.717, 1.165) is 20.8 Å². The van der Waals surface area contributed by atoms with Crippen molar-refractivity contribution in [3.63, 3.8) is 0 Å². The number of benzene rings is 3. The number of carbonyl (C=O) groups excluding carboxylic acids is 2. The molecule has 172 valence electrons. The Morgan fingerprint density at radius 1 is 1.09 bits per heavy atom. The maximum absolute atomic E-state index is 12.1. The van der Waals surface area contributed by atoms with E-state index in [1.807, 2.05) is 37.3 Å². The molecule has 0 unspecified atom stereocenters. The molecular formula is C26H21BrClN3O3. The second-order valence-corrected chi connectivity index (χ2v) is 8.77. The first-order valence-corrected chi connectivity index (χ1v) is 11.7. The van der Waals surface area contributed by atoms with Crippen molar-refractivity contribution in [2.45, 2.75) is 13.5 Å². The number of rotatable bonds is 7. The molecule has 1 heterocycles. The first-order valence-electron chi connectivity index (χ1n) is 10.5. The Kier molecular flexibility index (Phi) is 7.45. The predicted octanol–water partition coefficient (Wildman–Crippen LogP) is 6.00. The summed E-state index contributed by atoms with van der Waals surface area (Å²) in [7, 11) is 0. The van der Waals surface area contributed by atoms with E-state index in [2.05, 4.69) is 44.5 Å². The van der Waals surface area contributed by atoms with E-state index in [1.54, 1.807) is 29.0 Å². The molecule has 34 heavy (non-hydrogen) atoms. The molecule has 1 N–H and O–H groups in total. The minimum atomic E-state index is -0.653. The lowest BCUT2D eigenvalue weighted by Crippen LogP contribution is -2.20. The molecule has 1 aromatic heterocycles. The van der Waals surface area contributed by atoms with Crippen molar-refractivity contribution in [3.8, 4) is 0 Å². The van der Waals surface area contributed by atoms with Crippen LogP contribution in [0.1, 0.15) is 16.8 Å². The number of anilines is 1. The Bertz CT molecular complexity index is 1390. The van der Waals surface area contributed by atoms with Crippen molar-refractivity contribution in [3.05, 3.63) is 99.3 Å². The van der Waals surface area contributed by atoms with E-state index in [0.29, 0.717) is 28.6 Å². The van der Waals surface area contributed by atoms with Gasteiger partial charge < -0.3 is 10.1 Å². The normalized spacial score (nSPS) is 11.1. The number of aryl methyl sites for hydroxylation is 1. The maximum atomic E-state index is 12.1. The van der Waals surface area contributed by atoms with E-state index in [1.165, 1.54) is 6.08 Å². The summed E-state index contributed by atoms with van der Waals surface area (Å²) in [5.74, 6) is -1.09. The zero-order valence-corrected chi connectivity index (χ0v) is 20.6. The van der Waals surface area contributed by atoms with E-state index in [4.69, 9.17) is 16.3 Å². The maximum Gasteiger partial charge on any atom is 0.331 e. The molecular weight excluding hydrogens is 518 g/mol. The van der Waals surface area contributed by atoms with E-state index < -0.39 is 18.5 Å². The Labute approximate surface area is 210 Å². The number of fused-ring (bicyclic) bond motifs is 1. The summed E-state index contributed by atoms with van der Waals surface area (Å²) in [5.41, 5.74) is 2.99. The zero-order valence-electron chi connectivity index (χ0n) is 18.3. The number of ether oxygens (including phenoxy) is 1. The molecule has 6 nitrogen and oxygen atoms in total. The lowest BCUT2D eigenvalue weighted by Gasteiger charge is -2.08. The fourth-order valence-electron chi connectivity index (χ4n) is 3.54. The molecule has 0 aliphatic heterocycles. The fraction of sp³-hybridized carbons (Fsp3) is 0.115. The van der Waals surface area contributed by atoms with Gasteiger partial charge in [-0.05, 0) is 57.4 Å². The van der Waals surface area contributed by atoms with E-state index >= 15 is 0 Å². The van der Waals surface area contributed by atoms with Crippen LogP contribution in [0, 0.1) is 6.92 Å². The van der Waals surface area contributed by atoms with Gasteiger partial charge in [0.25, 0.3) is 5.91 Å². The molecule has 0 aliphatic carbocycles. The number of carbonyl (C=O) groups is 2. The van der Waals surface area contributed by atoms with Gasteiger partial charge in [0.2, 0.25) is 0 Å². The standard InChI is InChI=1S/C26H21BrClN3O3/c1-17-20(13-14-25(33)34-16-24(32)29-23-12-5-4-11-22(23)27)26(28)31(30-17)15-19-9-6-8-18-7-2-3-10-21(18)19/h2-14H,15-16H2,1H3,(H,29,32). The van der Waals surface area contributed by atoms with Crippen LogP contribution in [0.4, 0.5) is 5.69 Å². The van der Waals surface area contributed by atoms with Gasteiger partial charge >= 0.3 is 5.97 Å². The Hall–Kier alpha value is -3.42. The number of hydrogen-bond donors (Lipinski definition) is 1. The van der Waals surface area contributed by atoms with Crippen LogP contribution in [0.15, 0.2) is 77.3 Å². The van der Waals surface area contributed by atoms with Crippen LogP contribution < -0.4 is 5.32 Å². The van der Waals surface area contributed by atoms with Gasteiger partial charge in [0.15, 0.2) is 6.61 Å². The lowest BCUT2D eigenvalue weighted by atomic mass is 10.0. The van der Waals surface area contributed by atoms with Crippen molar-refractivity contribution in [1.29, 1.82) is 0 Å². The summed E-state index contributed by atoms with van der Waals surface area (Å²) >= 11 is 9.92. The van der Waals surface area contributed by atoms with Crippen molar-refractivity contribution >= 4 is 61.9 Å². The largest absolute Gasteiger partial charge is 0.452 e. The molecule has 0 bridgehead atoms. The van der Waals surface area contributed by atoms with Gasteiger partial charge in [0, 0.05) is 16.1 Å². The van der Waals surface area contributed by atoms with Crippen LogP contribution in [-0.2, 0) is 20.9 Å². The van der Waals surface area contributed by atoms with Gasteiger partial charge in [-0.15, -0.1) is 0 Å². The second kappa shape index (κ2) is 10.7. The van der Waals surface area contributed by atoms with Crippen LogP contribution in [-0.4, -0.2) is 28.3 Å². The Morgan fingerprint density at radius 2 is 1.82 bits per heavy atom. The van der Waals surface area contributed by atoms with Crippen molar-refractivity contribution in [2.24, 2.45) is 0 Å². The summed E-state index contributed by atoms with van der Waals surface area (Å²) in [5, 5.41) is 9.91. The third-order valence-electron chi connectivity index (χ3n) is 5.19. The molecule has 0 spiro atoms. The SMILES string of the molecule is Cc1nn(Cc2cccc3ccccc23)c(Cl)c1C=CC(=O)OCC(=O)Nc1ccccc1Br. The molecule has 0 radical (unpaired) electrons. The highest BCUT2D eigenvalue weighted by molar-refractivity contribution is 9.10. The first-order chi connectivity index (χ1) is 16.4. The average molecular weight is 539 g/mol. The average Bonchev–Trinajstić information content (AvgIpc) is 3.10. The topological polar surface area (TPSA) is 73.2 Å². The number of hydrogen-bond acceptors (Lipinski definition) is 4. The Balaban J connectivity index is 1.40. The monoisotopic (exact) mass is 537 g/mol. The van der Waals surface area contributed by atoms with Crippen LogP contribution >= 0.6 is 27.5 Å². The van der Waals surface area contributed by atoms with Gasteiger partial charge in [-0.3, -0.25) is 4.79 Å². The van der Waals surface area contributed by atoms with E-state index in [-0.39, 0.29) is 0 Å². The molecule has 0 aliphatic rings. The number of halogens is 2. The minimum absolute atomic E-state index is 0.405. The molecule has 0 saturated heterocycles. The number of aromatic nitrogens is 2. The van der Waals surface area contributed by atoms with Crippen molar-refractivity contribution in [1.82, 2.24) is 9.78 Å². The molecule has 0 saturated carbocycles. The number of amides is 1. The summed E-state index contributed by atoms with van der Waals surface area (Å²) < 4.78 is 7.48. The quantitative estimate of drug-likeness (QED) is 0.231. The number of nitrogens with zero attached hydrogens (tertiary/aromatic N) is 2. The van der Waals surface area contributed by atoms with Crippen molar-refractivity contribution < 1.29 is 14.3 Å². The van der Waals surface area contributed by atoms with Gasteiger partial charge in [-0.2, -0.15) is 5.10 Å². The number of para-hydroxylation sites is 1. The summed E-state index contributed by atoms with van der Waals surface area (Å²) in [6, 6.07) is 21.4. The van der Waals surface area contributed by atoms with Gasteiger partial charge in [-0.1, -0.05) is 66.2 Å². The first kappa shape index (κ1) is 23.7. The van der Waals surface area contributed by atoms with Gasteiger partial charge in [-0.25, -0.2) is 9.48 Å². The van der Waals surface area contributed by atoms with Gasteiger partial charge in [0.05, 0.1) is 17.9 Å². The molecule has 8 heteroatoms. The lowest BCUT2D eigenvalue weighted by molar-refractivity contribution is -0.142. The summed E-state index contributed by atoms with van der Waals surface area (Å²) in [6.45, 7) is 1.91. The highest BCUT2D eigenvalue weighted by atomic mass is 79.9. The third kappa shape index (κ3) is 5.55. The molecule has 3 aromatic carbocycles. The van der Waals surface area contributed by atoms with Crippen LogP contribution in [0.3, 0.4) is 0 Å². The summed E-state index contributed by atoms with van der Waals surface area (Å²) in [4.78, 5) is 24.2. The highest BCUT2D eigenvalue weighted by Gasteiger charge is 2.14. The second-order valence-electron chi connectivity index (χ2n) is 7.55. The third-order valence-corrected chi connectivity index (χ3v) is 6.28. The van der Waals surface area contributed by atoms with Crippen molar-refractivity contribution in [2.75, 3.05) is 11.9 Å². The van der Waals surface area contributed by atoms with Gasteiger partial charge in [0.1, 0.15) is 5.15 Å². The molecule has 0 atom stereocenters. The van der Waals surface area contributed by atoms with Crippen LogP contribution in [0.2, 0.25) is 5.15 Å². The highest BCUT2D eigenvalue weighted by Crippen LogP contribution is 2.25. The van der Waals surface area contributed by atoms with Crippen LogP contribution in [0.25, 0.3) is 16.8 Å². The Morgan fingerprint density at radius 3 is 2.65 bits per heavy atom. The predicted molar refractivity (Wildman–Crippen MR) is 138 cm³/mol.